The fraction of sp³-hybridized carbons (Fsp3) is 0.700. The topological polar surface area (TPSA) is 127 Å². The molecule has 1 aliphatic heterocycles. The highest BCUT2D eigenvalue weighted by atomic mass is 19.3. The maximum Gasteiger partial charge on any atom is 0.326 e. The van der Waals surface area contributed by atoms with Crippen LogP contribution in [-0.4, -0.2) is 52.3 Å². The normalized spacial score (nSPS) is 23.1. The lowest BCUT2D eigenvalue weighted by atomic mass is 10.1. The predicted octanol–water partition coefficient (Wildman–Crippen LogP) is -1.10. The number of nitrogens with zero attached hydrogens (tertiary/aromatic N) is 1. The van der Waals surface area contributed by atoms with Crippen LogP contribution in [0.2, 0.25) is 0 Å². The van der Waals surface area contributed by atoms with Crippen LogP contribution in [-0.2, 0) is 14.4 Å². The van der Waals surface area contributed by atoms with Crippen molar-refractivity contribution in [2.24, 2.45) is 11.5 Å². The Kier molecular flexibility index (Phi) is 4.40. The van der Waals surface area contributed by atoms with Gasteiger partial charge in [0.15, 0.2) is 0 Å². The summed E-state index contributed by atoms with van der Waals surface area (Å²) in [5.74, 6) is -6.34. The highest BCUT2D eigenvalue weighted by Gasteiger charge is 2.50. The molecule has 108 valence electrons. The molecule has 2 amide bonds. The standard InChI is InChI=1S/C10H15F2N3O4/c11-10(12)3-6(9(18)19)15(4-10)8(17)5(13)1-2-7(14)16/h5-6H,1-4,13H2,(H2,14,16)(H,18,19)/t5-,6?/m0/s1. The third-order valence-corrected chi connectivity index (χ3v) is 2.86. The Morgan fingerprint density at radius 1 is 1.42 bits per heavy atom. The van der Waals surface area contributed by atoms with Gasteiger partial charge in [-0.25, -0.2) is 13.6 Å². The van der Waals surface area contributed by atoms with Gasteiger partial charge in [-0.3, -0.25) is 9.59 Å². The molecule has 19 heavy (non-hydrogen) atoms. The molecule has 2 atom stereocenters. The molecule has 1 fully saturated rings. The average molecular weight is 279 g/mol. The van der Waals surface area contributed by atoms with Gasteiger partial charge in [-0.05, 0) is 6.42 Å². The molecule has 0 radical (unpaired) electrons. The fourth-order valence-electron chi connectivity index (χ4n) is 1.90. The Balaban J connectivity index is 2.73. The van der Waals surface area contributed by atoms with Gasteiger partial charge >= 0.3 is 5.97 Å². The molecule has 9 heteroatoms. The fourth-order valence-corrected chi connectivity index (χ4v) is 1.90. The van der Waals surface area contributed by atoms with Gasteiger partial charge in [0, 0.05) is 12.8 Å². The van der Waals surface area contributed by atoms with Crippen molar-refractivity contribution >= 4 is 17.8 Å². The van der Waals surface area contributed by atoms with E-state index in [1.165, 1.54) is 0 Å². The zero-order valence-corrected chi connectivity index (χ0v) is 10.0. The first-order valence-electron chi connectivity index (χ1n) is 5.59. The zero-order chi connectivity index (χ0) is 14.8. The van der Waals surface area contributed by atoms with Crippen molar-refractivity contribution < 1.29 is 28.3 Å². The SMILES string of the molecule is NC(=O)CC[C@H](N)C(=O)N1CC(F)(F)CC1C(=O)O. The van der Waals surface area contributed by atoms with Gasteiger partial charge in [-0.15, -0.1) is 0 Å². The number of alkyl halides is 2. The van der Waals surface area contributed by atoms with Gasteiger partial charge in [-0.2, -0.15) is 0 Å². The summed E-state index contributed by atoms with van der Waals surface area (Å²) < 4.78 is 26.3. The number of amides is 2. The molecule has 1 saturated heterocycles. The number of primary amides is 1. The van der Waals surface area contributed by atoms with Crippen molar-refractivity contribution in [2.45, 2.75) is 37.3 Å². The largest absolute Gasteiger partial charge is 0.480 e. The molecule has 1 heterocycles. The maximum atomic E-state index is 13.2. The Hall–Kier alpha value is -1.77. The highest BCUT2D eigenvalue weighted by molar-refractivity contribution is 5.88. The molecule has 0 aromatic heterocycles. The molecule has 0 spiro atoms. The van der Waals surface area contributed by atoms with Crippen molar-refractivity contribution in [1.82, 2.24) is 4.90 Å². The second-order valence-electron chi connectivity index (χ2n) is 4.49. The van der Waals surface area contributed by atoms with E-state index in [4.69, 9.17) is 16.6 Å². The summed E-state index contributed by atoms with van der Waals surface area (Å²) in [5, 5.41) is 8.82. The lowest BCUT2D eigenvalue weighted by Crippen LogP contribution is -2.49. The minimum Gasteiger partial charge on any atom is -0.480 e. The van der Waals surface area contributed by atoms with E-state index in [0.29, 0.717) is 4.90 Å². The molecule has 0 bridgehead atoms. The summed E-state index contributed by atoms with van der Waals surface area (Å²) in [4.78, 5) is 33.8. The first-order valence-corrected chi connectivity index (χ1v) is 5.59. The van der Waals surface area contributed by atoms with Gasteiger partial charge in [0.05, 0.1) is 12.6 Å². The van der Waals surface area contributed by atoms with Gasteiger partial charge in [-0.1, -0.05) is 0 Å². The van der Waals surface area contributed by atoms with E-state index in [0.717, 1.165) is 0 Å². The van der Waals surface area contributed by atoms with Crippen LogP contribution in [0.3, 0.4) is 0 Å². The van der Waals surface area contributed by atoms with E-state index in [1.807, 2.05) is 0 Å². The lowest BCUT2D eigenvalue weighted by molar-refractivity contribution is -0.148. The average Bonchev–Trinajstić information content (AvgIpc) is 2.61. The number of carboxylic acids is 1. The Morgan fingerprint density at radius 2 is 2.00 bits per heavy atom. The Labute approximate surface area is 107 Å². The second kappa shape index (κ2) is 5.47. The van der Waals surface area contributed by atoms with Gasteiger partial charge in [0.25, 0.3) is 5.92 Å². The highest BCUT2D eigenvalue weighted by Crippen LogP contribution is 2.32. The van der Waals surface area contributed by atoms with Crippen molar-refractivity contribution in [2.75, 3.05) is 6.54 Å². The number of aliphatic carboxylic acids is 1. The summed E-state index contributed by atoms with van der Waals surface area (Å²) in [7, 11) is 0. The van der Waals surface area contributed by atoms with E-state index in [2.05, 4.69) is 0 Å². The van der Waals surface area contributed by atoms with Crippen molar-refractivity contribution in [3.8, 4) is 0 Å². The summed E-state index contributed by atoms with van der Waals surface area (Å²) in [5.41, 5.74) is 10.3. The third kappa shape index (κ3) is 3.85. The van der Waals surface area contributed by atoms with Crippen LogP contribution in [0.25, 0.3) is 0 Å². The van der Waals surface area contributed by atoms with Crippen LogP contribution in [0.1, 0.15) is 19.3 Å². The number of carbonyl (C=O) groups excluding carboxylic acids is 2. The summed E-state index contributed by atoms with van der Waals surface area (Å²) in [6.45, 7) is -0.979. The third-order valence-electron chi connectivity index (χ3n) is 2.86. The van der Waals surface area contributed by atoms with E-state index >= 15 is 0 Å². The number of halogens is 2. The van der Waals surface area contributed by atoms with E-state index in [1.54, 1.807) is 0 Å². The molecular weight excluding hydrogens is 264 g/mol. The molecule has 0 aromatic rings. The minimum atomic E-state index is -3.25. The van der Waals surface area contributed by atoms with Crippen LogP contribution in [0.4, 0.5) is 8.78 Å². The number of nitrogens with two attached hydrogens (primary N) is 2. The van der Waals surface area contributed by atoms with Gasteiger partial charge in [0.2, 0.25) is 11.8 Å². The van der Waals surface area contributed by atoms with Crippen LogP contribution in [0.15, 0.2) is 0 Å². The molecule has 0 aliphatic carbocycles. The molecule has 5 N–H and O–H groups in total. The number of hydrogen-bond donors (Lipinski definition) is 3. The summed E-state index contributed by atoms with van der Waals surface area (Å²) in [6, 6.07) is -2.81. The van der Waals surface area contributed by atoms with E-state index in [9.17, 15) is 23.2 Å². The van der Waals surface area contributed by atoms with Gasteiger partial charge < -0.3 is 21.5 Å². The Bertz CT molecular complexity index is 402. The molecular formula is C10H15F2N3O4. The monoisotopic (exact) mass is 279 g/mol. The summed E-state index contributed by atoms with van der Waals surface area (Å²) >= 11 is 0. The first-order chi connectivity index (χ1) is 8.64. The number of carboxylic acid groups (broad SMARTS) is 1. The van der Waals surface area contributed by atoms with Crippen LogP contribution < -0.4 is 11.5 Å². The number of carbonyl (C=O) groups is 3. The minimum absolute atomic E-state index is 0.109. The van der Waals surface area contributed by atoms with Crippen LogP contribution >= 0.6 is 0 Å². The predicted molar refractivity (Wildman–Crippen MR) is 59.1 cm³/mol. The van der Waals surface area contributed by atoms with Crippen LogP contribution in [0, 0.1) is 0 Å². The zero-order valence-electron chi connectivity index (χ0n) is 10.0. The molecule has 7 nitrogen and oxygen atoms in total. The van der Waals surface area contributed by atoms with Crippen LogP contribution in [0.5, 0.6) is 0 Å². The van der Waals surface area contributed by atoms with Crippen molar-refractivity contribution in [1.29, 1.82) is 0 Å². The maximum absolute atomic E-state index is 13.2. The van der Waals surface area contributed by atoms with Crippen molar-refractivity contribution in [3.63, 3.8) is 0 Å². The van der Waals surface area contributed by atoms with Crippen molar-refractivity contribution in [3.05, 3.63) is 0 Å². The lowest BCUT2D eigenvalue weighted by Gasteiger charge is -2.24. The molecule has 0 aromatic carbocycles. The smallest absolute Gasteiger partial charge is 0.326 e. The molecule has 1 rings (SSSR count). The van der Waals surface area contributed by atoms with Gasteiger partial charge in [0.1, 0.15) is 6.04 Å². The summed E-state index contributed by atoms with van der Waals surface area (Å²) in [6.07, 6.45) is -1.21. The number of rotatable bonds is 5. The molecule has 1 aliphatic rings. The first kappa shape index (κ1) is 15.3. The number of hydrogen-bond acceptors (Lipinski definition) is 4. The molecule has 1 unspecified atom stereocenters. The molecule has 0 saturated carbocycles. The quantitative estimate of drug-likeness (QED) is 0.588. The van der Waals surface area contributed by atoms with E-state index in [-0.39, 0.29) is 12.8 Å². The van der Waals surface area contributed by atoms with E-state index < -0.39 is 48.8 Å². The Morgan fingerprint density at radius 3 is 2.47 bits per heavy atom. The number of likely N-dealkylation sites (tertiary alicyclic amines) is 1. The second-order valence-corrected chi connectivity index (χ2v) is 4.49.